The minimum Gasteiger partial charge on any atom is -0.478 e. The normalized spacial score (nSPS) is 10.9. The molecule has 4 N–H and O–H groups in total. The van der Waals surface area contributed by atoms with Gasteiger partial charge in [0.25, 0.3) is 0 Å². The molecular weight excluding hydrogens is 220 g/mol. The average Bonchev–Trinajstić information content (AvgIpc) is 2.67. The quantitative estimate of drug-likeness (QED) is 0.676. The highest BCUT2D eigenvalue weighted by Crippen LogP contribution is 2.25. The van der Waals surface area contributed by atoms with Gasteiger partial charge in [-0.2, -0.15) is 0 Å². The SMILES string of the molecule is NCCNCc1oc2ccccc2c1C(=O)O. The summed E-state index contributed by atoms with van der Waals surface area (Å²) >= 11 is 0. The van der Waals surface area contributed by atoms with Gasteiger partial charge in [-0.25, -0.2) is 4.79 Å². The van der Waals surface area contributed by atoms with Crippen molar-refractivity contribution in [2.75, 3.05) is 13.1 Å². The maximum absolute atomic E-state index is 11.2. The number of benzene rings is 1. The van der Waals surface area contributed by atoms with Crippen LogP contribution in [0.3, 0.4) is 0 Å². The van der Waals surface area contributed by atoms with Gasteiger partial charge in [0.15, 0.2) is 0 Å². The number of nitrogens with two attached hydrogens (primary N) is 1. The van der Waals surface area contributed by atoms with Crippen LogP contribution in [0, 0.1) is 0 Å². The minimum atomic E-state index is -0.973. The molecule has 0 radical (unpaired) electrons. The molecule has 0 aliphatic carbocycles. The van der Waals surface area contributed by atoms with Crippen LogP contribution in [-0.4, -0.2) is 24.2 Å². The summed E-state index contributed by atoms with van der Waals surface area (Å²) in [5.74, 6) is -0.536. The van der Waals surface area contributed by atoms with Crippen LogP contribution in [0.5, 0.6) is 0 Å². The van der Waals surface area contributed by atoms with Gasteiger partial charge < -0.3 is 20.6 Å². The maximum Gasteiger partial charge on any atom is 0.339 e. The van der Waals surface area contributed by atoms with Gasteiger partial charge in [-0.3, -0.25) is 0 Å². The summed E-state index contributed by atoms with van der Waals surface area (Å²) in [6, 6.07) is 7.11. The van der Waals surface area contributed by atoms with Gasteiger partial charge >= 0.3 is 5.97 Å². The van der Waals surface area contributed by atoms with Crippen LogP contribution in [0.2, 0.25) is 0 Å². The third-order valence-corrected chi connectivity index (χ3v) is 2.49. The fourth-order valence-electron chi connectivity index (χ4n) is 1.76. The molecule has 0 fully saturated rings. The number of hydrogen-bond acceptors (Lipinski definition) is 4. The minimum absolute atomic E-state index is 0.227. The van der Waals surface area contributed by atoms with E-state index < -0.39 is 5.97 Å². The molecule has 17 heavy (non-hydrogen) atoms. The first-order chi connectivity index (χ1) is 8.24. The zero-order chi connectivity index (χ0) is 12.3. The van der Waals surface area contributed by atoms with Crippen LogP contribution in [0.25, 0.3) is 11.0 Å². The number of fused-ring (bicyclic) bond motifs is 1. The standard InChI is InChI=1S/C12H14N2O3/c13-5-6-14-7-10-11(12(15)16)8-3-1-2-4-9(8)17-10/h1-4,14H,5-7,13H2,(H,15,16). The lowest BCUT2D eigenvalue weighted by atomic mass is 10.1. The first-order valence-electron chi connectivity index (χ1n) is 5.38. The summed E-state index contributed by atoms with van der Waals surface area (Å²) in [6.07, 6.45) is 0. The van der Waals surface area contributed by atoms with E-state index in [0.29, 0.717) is 36.4 Å². The van der Waals surface area contributed by atoms with Gasteiger partial charge in [0.2, 0.25) is 0 Å². The average molecular weight is 234 g/mol. The maximum atomic E-state index is 11.2. The Morgan fingerprint density at radius 2 is 2.18 bits per heavy atom. The molecule has 90 valence electrons. The summed E-state index contributed by atoms with van der Waals surface area (Å²) in [5, 5.41) is 12.9. The predicted molar refractivity (Wildman–Crippen MR) is 63.9 cm³/mol. The first kappa shape index (κ1) is 11.6. The van der Waals surface area contributed by atoms with Crippen LogP contribution in [0.1, 0.15) is 16.1 Å². The lowest BCUT2D eigenvalue weighted by Gasteiger charge is -2.00. The van der Waals surface area contributed by atoms with Crippen molar-refractivity contribution >= 4 is 16.9 Å². The molecule has 0 amide bonds. The monoisotopic (exact) mass is 234 g/mol. The third-order valence-electron chi connectivity index (χ3n) is 2.49. The second-order valence-corrected chi connectivity index (χ2v) is 3.67. The van der Waals surface area contributed by atoms with Crippen molar-refractivity contribution in [3.05, 3.63) is 35.6 Å². The Labute approximate surface area is 98.2 Å². The molecule has 0 aliphatic rings. The summed E-state index contributed by atoms with van der Waals surface area (Å²) in [5.41, 5.74) is 6.18. The van der Waals surface area contributed by atoms with Crippen LogP contribution >= 0.6 is 0 Å². The second-order valence-electron chi connectivity index (χ2n) is 3.67. The van der Waals surface area contributed by atoms with Gasteiger partial charge in [-0.05, 0) is 6.07 Å². The zero-order valence-electron chi connectivity index (χ0n) is 9.27. The van der Waals surface area contributed by atoms with Crippen molar-refractivity contribution in [1.29, 1.82) is 0 Å². The van der Waals surface area contributed by atoms with Gasteiger partial charge in [-0.1, -0.05) is 18.2 Å². The van der Waals surface area contributed by atoms with Crippen molar-refractivity contribution in [3.63, 3.8) is 0 Å². The van der Waals surface area contributed by atoms with E-state index in [4.69, 9.17) is 10.2 Å². The fourth-order valence-corrected chi connectivity index (χ4v) is 1.76. The number of hydrogen-bond donors (Lipinski definition) is 3. The highest BCUT2D eigenvalue weighted by atomic mass is 16.4. The van der Waals surface area contributed by atoms with E-state index in [1.165, 1.54) is 0 Å². The fraction of sp³-hybridized carbons (Fsp3) is 0.250. The Kier molecular flexibility index (Phi) is 3.41. The van der Waals surface area contributed by atoms with Crippen LogP contribution in [0.15, 0.2) is 28.7 Å². The summed E-state index contributed by atoms with van der Waals surface area (Å²) in [6.45, 7) is 1.49. The lowest BCUT2D eigenvalue weighted by molar-refractivity contribution is 0.0696. The smallest absolute Gasteiger partial charge is 0.339 e. The molecule has 1 heterocycles. The van der Waals surface area contributed by atoms with Crippen molar-refractivity contribution in [2.24, 2.45) is 5.73 Å². The largest absolute Gasteiger partial charge is 0.478 e. The molecular formula is C12H14N2O3. The number of carboxylic acid groups (broad SMARTS) is 1. The Morgan fingerprint density at radius 3 is 2.88 bits per heavy atom. The topological polar surface area (TPSA) is 88.5 Å². The molecule has 1 aromatic carbocycles. The first-order valence-corrected chi connectivity index (χ1v) is 5.38. The number of carboxylic acids is 1. The van der Waals surface area contributed by atoms with E-state index in [1.54, 1.807) is 18.2 Å². The summed E-state index contributed by atoms with van der Waals surface area (Å²) in [4.78, 5) is 11.2. The molecule has 0 spiro atoms. The zero-order valence-corrected chi connectivity index (χ0v) is 9.27. The molecule has 0 atom stereocenters. The third kappa shape index (κ3) is 2.30. The van der Waals surface area contributed by atoms with Crippen LogP contribution in [0.4, 0.5) is 0 Å². The van der Waals surface area contributed by atoms with Gasteiger partial charge in [0.05, 0.1) is 6.54 Å². The second kappa shape index (κ2) is 4.99. The lowest BCUT2D eigenvalue weighted by Crippen LogP contribution is -2.22. The molecule has 2 aromatic rings. The highest BCUT2D eigenvalue weighted by Gasteiger charge is 2.19. The molecule has 0 aliphatic heterocycles. The van der Waals surface area contributed by atoms with E-state index in [9.17, 15) is 9.90 Å². The Bertz CT molecular complexity index is 534. The number of furan rings is 1. The molecule has 0 unspecified atom stereocenters. The van der Waals surface area contributed by atoms with E-state index in [2.05, 4.69) is 5.32 Å². The number of para-hydroxylation sites is 1. The number of carbonyl (C=O) groups is 1. The Hall–Kier alpha value is -1.85. The van der Waals surface area contributed by atoms with Crippen molar-refractivity contribution in [1.82, 2.24) is 5.32 Å². The Morgan fingerprint density at radius 1 is 1.41 bits per heavy atom. The molecule has 0 bridgehead atoms. The summed E-state index contributed by atoms with van der Waals surface area (Å²) in [7, 11) is 0. The molecule has 5 heteroatoms. The number of rotatable bonds is 5. The summed E-state index contributed by atoms with van der Waals surface area (Å²) < 4.78 is 5.52. The molecule has 0 saturated carbocycles. The highest BCUT2D eigenvalue weighted by molar-refractivity contribution is 6.03. The number of nitrogens with one attached hydrogen (secondary N) is 1. The van der Waals surface area contributed by atoms with Crippen molar-refractivity contribution in [3.8, 4) is 0 Å². The van der Waals surface area contributed by atoms with Gasteiger partial charge in [0, 0.05) is 18.5 Å². The van der Waals surface area contributed by atoms with Gasteiger partial charge in [0.1, 0.15) is 16.9 Å². The predicted octanol–water partition coefficient (Wildman–Crippen LogP) is 1.18. The van der Waals surface area contributed by atoms with Crippen LogP contribution < -0.4 is 11.1 Å². The van der Waals surface area contributed by atoms with Crippen LogP contribution in [-0.2, 0) is 6.54 Å². The number of aromatic carboxylic acids is 1. The van der Waals surface area contributed by atoms with E-state index in [0.717, 1.165) is 0 Å². The molecule has 2 rings (SSSR count). The van der Waals surface area contributed by atoms with E-state index >= 15 is 0 Å². The molecule has 0 saturated heterocycles. The van der Waals surface area contributed by atoms with Crippen molar-refractivity contribution < 1.29 is 14.3 Å². The molecule has 1 aromatic heterocycles. The van der Waals surface area contributed by atoms with Gasteiger partial charge in [-0.15, -0.1) is 0 Å². The van der Waals surface area contributed by atoms with E-state index in [-0.39, 0.29) is 5.56 Å². The Balaban J connectivity index is 2.39. The van der Waals surface area contributed by atoms with E-state index in [1.807, 2.05) is 6.07 Å². The molecule has 5 nitrogen and oxygen atoms in total. The van der Waals surface area contributed by atoms with Crippen molar-refractivity contribution in [2.45, 2.75) is 6.54 Å².